The zero-order chi connectivity index (χ0) is 9.42. The Morgan fingerprint density at radius 3 is 2.92 bits per heavy atom. The van der Waals surface area contributed by atoms with Crippen LogP contribution in [0.1, 0.15) is 25.0 Å². The Balaban J connectivity index is 2.25. The lowest BCUT2D eigenvalue weighted by Crippen LogP contribution is -2.16. The van der Waals surface area contributed by atoms with E-state index in [4.69, 9.17) is 0 Å². The summed E-state index contributed by atoms with van der Waals surface area (Å²) in [5.74, 6) is 0.608. The molecule has 0 bridgehead atoms. The van der Waals surface area contributed by atoms with Gasteiger partial charge in [-0.15, -0.1) is 0 Å². The molecule has 0 amide bonds. The smallest absolute Gasteiger partial charge is 0.0635 e. The highest BCUT2D eigenvalue weighted by molar-refractivity contribution is 9.10. The van der Waals surface area contributed by atoms with Crippen LogP contribution in [0.4, 0.5) is 0 Å². The van der Waals surface area contributed by atoms with E-state index < -0.39 is 0 Å². The molecule has 0 aromatic carbocycles. The molecule has 0 aliphatic carbocycles. The third-order valence-corrected chi connectivity index (χ3v) is 3.29. The fourth-order valence-corrected chi connectivity index (χ4v) is 2.70. The second kappa shape index (κ2) is 3.42. The predicted molar refractivity (Wildman–Crippen MR) is 55.7 cm³/mol. The highest BCUT2D eigenvalue weighted by Gasteiger charge is 2.26. The number of aromatic nitrogens is 2. The monoisotopic (exact) mass is 243 g/mol. The molecule has 1 aromatic heterocycles. The van der Waals surface area contributed by atoms with Gasteiger partial charge in [-0.05, 0) is 29.3 Å². The maximum Gasteiger partial charge on any atom is 0.0635 e. The predicted octanol–water partition coefficient (Wildman–Crippen LogP) is 1.65. The maximum atomic E-state index is 4.23. The lowest BCUT2D eigenvalue weighted by Gasteiger charge is -2.09. The third kappa shape index (κ3) is 1.65. The van der Waals surface area contributed by atoms with Crippen LogP contribution in [0.25, 0.3) is 0 Å². The Bertz CT molecular complexity index is 288. The first-order valence-corrected chi connectivity index (χ1v) is 5.38. The summed E-state index contributed by atoms with van der Waals surface area (Å²) in [4.78, 5) is 0. The van der Waals surface area contributed by atoms with Gasteiger partial charge in [0.2, 0.25) is 0 Å². The fourth-order valence-electron chi connectivity index (χ4n) is 2.02. The van der Waals surface area contributed by atoms with E-state index in [9.17, 15) is 0 Å². The normalized spacial score (nSPS) is 28.2. The van der Waals surface area contributed by atoms with Gasteiger partial charge in [-0.25, -0.2) is 0 Å². The second-order valence-corrected chi connectivity index (χ2v) is 4.60. The average molecular weight is 244 g/mol. The van der Waals surface area contributed by atoms with Crippen molar-refractivity contribution in [2.75, 3.05) is 6.54 Å². The number of rotatable bonds is 1. The Morgan fingerprint density at radius 1 is 1.69 bits per heavy atom. The van der Waals surface area contributed by atoms with Gasteiger partial charge in [-0.3, -0.25) is 4.68 Å². The van der Waals surface area contributed by atoms with Crippen LogP contribution in [0.15, 0.2) is 10.7 Å². The number of halogens is 1. The van der Waals surface area contributed by atoms with Crippen LogP contribution >= 0.6 is 15.9 Å². The van der Waals surface area contributed by atoms with Gasteiger partial charge in [-0.2, -0.15) is 5.10 Å². The van der Waals surface area contributed by atoms with E-state index in [0.717, 1.165) is 11.0 Å². The van der Waals surface area contributed by atoms with Crippen molar-refractivity contribution in [2.24, 2.45) is 7.05 Å². The van der Waals surface area contributed by atoms with E-state index in [-0.39, 0.29) is 0 Å². The summed E-state index contributed by atoms with van der Waals surface area (Å²) in [5, 5.41) is 7.68. The van der Waals surface area contributed by atoms with Crippen molar-refractivity contribution in [3.05, 3.63) is 16.4 Å². The summed E-state index contributed by atoms with van der Waals surface area (Å²) in [5.41, 5.74) is 1.32. The molecule has 2 heterocycles. The molecule has 72 valence electrons. The van der Waals surface area contributed by atoms with Gasteiger partial charge in [0.1, 0.15) is 0 Å². The molecule has 13 heavy (non-hydrogen) atoms. The zero-order valence-corrected chi connectivity index (χ0v) is 9.50. The molecule has 1 aliphatic heterocycles. The Labute approximate surface area is 86.6 Å². The number of nitrogens with one attached hydrogen (secondary N) is 1. The van der Waals surface area contributed by atoms with Crippen LogP contribution in [0.3, 0.4) is 0 Å². The Kier molecular flexibility index (Phi) is 2.43. The minimum Gasteiger partial charge on any atom is -0.314 e. The fraction of sp³-hybridized carbons (Fsp3) is 0.667. The van der Waals surface area contributed by atoms with Gasteiger partial charge in [0.25, 0.3) is 0 Å². The zero-order valence-electron chi connectivity index (χ0n) is 7.92. The van der Waals surface area contributed by atoms with Gasteiger partial charge in [0, 0.05) is 25.6 Å². The quantitative estimate of drug-likeness (QED) is 0.814. The van der Waals surface area contributed by atoms with Crippen molar-refractivity contribution >= 4 is 15.9 Å². The minimum atomic E-state index is 0.608. The molecule has 0 radical (unpaired) electrons. The molecular formula is C9H14BrN3. The SMILES string of the molecule is CC1CC(c2c(Br)cnn2C)CN1. The topological polar surface area (TPSA) is 29.9 Å². The summed E-state index contributed by atoms with van der Waals surface area (Å²) in [7, 11) is 2.00. The molecule has 1 aliphatic rings. The number of hydrogen-bond acceptors (Lipinski definition) is 2. The molecule has 1 aromatic rings. The molecule has 2 atom stereocenters. The molecule has 1 saturated heterocycles. The van der Waals surface area contributed by atoms with Crippen molar-refractivity contribution in [1.82, 2.24) is 15.1 Å². The maximum absolute atomic E-state index is 4.23. The van der Waals surface area contributed by atoms with Crippen LogP contribution in [0.5, 0.6) is 0 Å². The van der Waals surface area contributed by atoms with Crippen LogP contribution in [0.2, 0.25) is 0 Å². The van der Waals surface area contributed by atoms with Gasteiger partial charge < -0.3 is 5.32 Å². The highest BCUT2D eigenvalue weighted by Crippen LogP contribution is 2.30. The molecule has 4 heteroatoms. The van der Waals surface area contributed by atoms with E-state index in [1.165, 1.54) is 12.1 Å². The highest BCUT2D eigenvalue weighted by atomic mass is 79.9. The van der Waals surface area contributed by atoms with Crippen molar-refractivity contribution in [2.45, 2.75) is 25.3 Å². The Hall–Kier alpha value is -0.350. The molecule has 2 rings (SSSR count). The molecule has 1 fully saturated rings. The third-order valence-electron chi connectivity index (χ3n) is 2.68. The van der Waals surface area contributed by atoms with Gasteiger partial charge in [0.05, 0.1) is 16.4 Å². The van der Waals surface area contributed by atoms with Crippen LogP contribution < -0.4 is 5.32 Å². The Morgan fingerprint density at radius 2 is 2.46 bits per heavy atom. The molecule has 1 N–H and O–H groups in total. The minimum absolute atomic E-state index is 0.608. The second-order valence-electron chi connectivity index (χ2n) is 3.74. The van der Waals surface area contributed by atoms with Crippen molar-refractivity contribution in [3.8, 4) is 0 Å². The summed E-state index contributed by atoms with van der Waals surface area (Å²) in [6.45, 7) is 3.30. The van der Waals surface area contributed by atoms with Crippen LogP contribution in [-0.2, 0) is 7.05 Å². The molecule has 0 saturated carbocycles. The summed E-state index contributed by atoms with van der Waals surface area (Å²) >= 11 is 3.54. The largest absolute Gasteiger partial charge is 0.314 e. The lowest BCUT2D eigenvalue weighted by molar-refractivity contribution is 0.621. The first kappa shape index (κ1) is 9.21. The molecule has 2 unspecified atom stereocenters. The van der Waals surface area contributed by atoms with Crippen molar-refractivity contribution in [1.29, 1.82) is 0 Å². The first-order chi connectivity index (χ1) is 6.18. The summed E-state index contributed by atoms with van der Waals surface area (Å²) in [6, 6.07) is 0.631. The number of nitrogens with zero attached hydrogens (tertiary/aromatic N) is 2. The van der Waals surface area contributed by atoms with E-state index in [2.05, 4.69) is 33.3 Å². The summed E-state index contributed by atoms with van der Waals surface area (Å²) in [6.07, 6.45) is 3.08. The van der Waals surface area contributed by atoms with Crippen LogP contribution in [0, 0.1) is 0 Å². The summed E-state index contributed by atoms with van der Waals surface area (Å²) < 4.78 is 3.10. The standard InChI is InChI=1S/C9H14BrN3/c1-6-3-7(4-11-6)9-8(10)5-12-13(9)2/h5-7,11H,3-4H2,1-2H3. The average Bonchev–Trinajstić information content (AvgIpc) is 2.60. The first-order valence-electron chi connectivity index (χ1n) is 4.59. The van der Waals surface area contributed by atoms with Crippen molar-refractivity contribution in [3.63, 3.8) is 0 Å². The molecular weight excluding hydrogens is 230 g/mol. The van der Waals surface area contributed by atoms with Crippen molar-refractivity contribution < 1.29 is 0 Å². The van der Waals surface area contributed by atoms with Gasteiger partial charge >= 0.3 is 0 Å². The lowest BCUT2D eigenvalue weighted by atomic mass is 10.0. The van der Waals surface area contributed by atoms with Gasteiger partial charge in [-0.1, -0.05) is 0 Å². The van der Waals surface area contributed by atoms with Gasteiger partial charge in [0.15, 0.2) is 0 Å². The van der Waals surface area contributed by atoms with E-state index >= 15 is 0 Å². The van der Waals surface area contributed by atoms with Crippen LogP contribution in [-0.4, -0.2) is 22.4 Å². The van der Waals surface area contributed by atoms with E-state index in [1.807, 2.05) is 17.9 Å². The molecule has 3 nitrogen and oxygen atoms in total. The van der Waals surface area contributed by atoms with E-state index in [1.54, 1.807) is 0 Å². The molecule has 0 spiro atoms. The number of hydrogen-bond donors (Lipinski definition) is 1. The van der Waals surface area contributed by atoms with E-state index in [0.29, 0.717) is 12.0 Å². The number of aryl methyl sites for hydroxylation is 1.